The molecule has 1 N–H and O–H groups in total. The lowest BCUT2D eigenvalue weighted by molar-refractivity contribution is 0.305. The Hall–Kier alpha value is -1.76. The molecule has 0 radical (unpaired) electrons. The predicted octanol–water partition coefficient (Wildman–Crippen LogP) is 2.34. The molecule has 0 bridgehead atoms. The smallest absolute Gasteiger partial charge is 0.226 e. The van der Waals surface area contributed by atoms with Crippen LogP contribution in [0.5, 0.6) is 5.88 Å². The third kappa shape index (κ3) is 4.31. The van der Waals surface area contributed by atoms with Crippen molar-refractivity contribution in [3.8, 4) is 18.2 Å². The van der Waals surface area contributed by atoms with Crippen molar-refractivity contribution in [2.45, 2.75) is 33.2 Å². The number of hydrogen-bond acceptors (Lipinski definition) is 4. The molecular weight excluding hydrogens is 214 g/mol. The van der Waals surface area contributed by atoms with Crippen molar-refractivity contribution in [2.24, 2.45) is 5.92 Å². The number of aromatic nitrogens is 2. The second-order valence-corrected chi connectivity index (χ2v) is 4.10. The number of hydrogen-bond donors (Lipinski definition) is 1. The summed E-state index contributed by atoms with van der Waals surface area (Å²) in [4.78, 5) is 8.36. The monoisotopic (exact) mass is 233 g/mol. The third-order valence-electron chi connectivity index (χ3n) is 2.21. The van der Waals surface area contributed by atoms with Crippen LogP contribution in [-0.4, -0.2) is 22.6 Å². The summed E-state index contributed by atoms with van der Waals surface area (Å²) in [5.74, 6) is 4.09. The Bertz CT molecular complexity index is 384. The van der Waals surface area contributed by atoms with E-state index in [1.165, 1.54) is 0 Å². The molecule has 1 heterocycles. The van der Waals surface area contributed by atoms with Crippen LogP contribution in [0.15, 0.2) is 12.3 Å². The largest absolute Gasteiger partial charge is 0.478 e. The van der Waals surface area contributed by atoms with Gasteiger partial charge in [-0.05, 0) is 12.3 Å². The Morgan fingerprint density at radius 1 is 1.53 bits per heavy atom. The van der Waals surface area contributed by atoms with Gasteiger partial charge >= 0.3 is 0 Å². The molecule has 0 fully saturated rings. The number of anilines is 1. The standard InChI is InChI=1S/C13H19N3O/c1-5-9-17-12-7-8-14-13(16-12)15-11(6-2)10(3)4/h2,7-8,10-11H,5,9H2,1,3-4H3,(H,14,15,16). The van der Waals surface area contributed by atoms with Crippen molar-refractivity contribution in [1.29, 1.82) is 0 Å². The molecule has 0 amide bonds. The Morgan fingerprint density at radius 3 is 2.88 bits per heavy atom. The van der Waals surface area contributed by atoms with Gasteiger partial charge in [-0.15, -0.1) is 6.42 Å². The maximum Gasteiger partial charge on any atom is 0.226 e. The zero-order valence-electron chi connectivity index (χ0n) is 10.6. The molecule has 0 spiro atoms. The zero-order chi connectivity index (χ0) is 12.7. The average Bonchev–Trinajstić information content (AvgIpc) is 2.33. The van der Waals surface area contributed by atoms with Crippen LogP contribution >= 0.6 is 0 Å². The Morgan fingerprint density at radius 2 is 2.29 bits per heavy atom. The Balaban J connectivity index is 2.68. The van der Waals surface area contributed by atoms with E-state index in [4.69, 9.17) is 11.2 Å². The molecule has 4 nitrogen and oxygen atoms in total. The molecule has 92 valence electrons. The molecule has 4 heteroatoms. The molecule has 0 aliphatic carbocycles. The number of rotatable bonds is 6. The van der Waals surface area contributed by atoms with Gasteiger partial charge in [0.05, 0.1) is 12.6 Å². The van der Waals surface area contributed by atoms with Crippen LogP contribution in [0.1, 0.15) is 27.2 Å². The molecule has 0 aromatic carbocycles. The van der Waals surface area contributed by atoms with Gasteiger partial charge in [-0.25, -0.2) is 4.98 Å². The van der Waals surface area contributed by atoms with Crippen molar-refractivity contribution in [2.75, 3.05) is 11.9 Å². The first-order valence-corrected chi connectivity index (χ1v) is 5.85. The van der Waals surface area contributed by atoms with Gasteiger partial charge in [-0.3, -0.25) is 0 Å². The predicted molar refractivity (Wildman–Crippen MR) is 68.9 cm³/mol. The summed E-state index contributed by atoms with van der Waals surface area (Å²) < 4.78 is 5.43. The quantitative estimate of drug-likeness (QED) is 0.766. The third-order valence-corrected chi connectivity index (χ3v) is 2.21. The van der Waals surface area contributed by atoms with Gasteiger partial charge in [0.25, 0.3) is 0 Å². The van der Waals surface area contributed by atoms with Gasteiger partial charge in [-0.2, -0.15) is 4.98 Å². The van der Waals surface area contributed by atoms with Crippen molar-refractivity contribution < 1.29 is 4.74 Å². The van der Waals surface area contributed by atoms with Crippen LogP contribution in [0.4, 0.5) is 5.95 Å². The number of nitrogens with zero attached hydrogens (tertiary/aromatic N) is 2. The minimum Gasteiger partial charge on any atom is -0.478 e. The highest BCUT2D eigenvalue weighted by atomic mass is 16.5. The second-order valence-electron chi connectivity index (χ2n) is 4.10. The molecular formula is C13H19N3O. The lowest BCUT2D eigenvalue weighted by Crippen LogP contribution is -2.24. The fourth-order valence-corrected chi connectivity index (χ4v) is 1.24. The molecule has 1 atom stereocenters. The molecule has 1 aromatic heterocycles. The fourth-order valence-electron chi connectivity index (χ4n) is 1.24. The lowest BCUT2D eigenvalue weighted by Gasteiger charge is -2.16. The molecule has 1 rings (SSSR count). The highest BCUT2D eigenvalue weighted by Gasteiger charge is 2.11. The molecule has 0 aliphatic heterocycles. The van der Waals surface area contributed by atoms with E-state index < -0.39 is 0 Å². The lowest BCUT2D eigenvalue weighted by atomic mass is 10.1. The van der Waals surface area contributed by atoms with E-state index in [1.807, 2.05) is 6.92 Å². The van der Waals surface area contributed by atoms with E-state index in [1.54, 1.807) is 12.3 Å². The van der Waals surface area contributed by atoms with Crippen LogP contribution < -0.4 is 10.1 Å². The van der Waals surface area contributed by atoms with Crippen LogP contribution in [0.3, 0.4) is 0 Å². The summed E-state index contributed by atoms with van der Waals surface area (Å²) in [5, 5.41) is 3.11. The molecule has 0 saturated heterocycles. The van der Waals surface area contributed by atoms with E-state index in [2.05, 4.69) is 35.1 Å². The number of terminal acetylenes is 1. The first kappa shape index (κ1) is 13.3. The van der Waals surface area contributed by atoms with Crippen LogP contribution in [0.25, 0.3) is 0 Å². The van der Waals surface area contributed by atoms with Crippen molar-refractivity contribution in [1.82, 2.24) is 9.97 Å². The van der Waals surface area contributed by atoms with E-state index in [-0.39, 0.29) is 6.04 Å². The van der Waals surface area contributed by atoms with E-state index in [0.717, 1.165) is 6.42 Å². The maximum absolute atomic E-state index is 5.44. The molecule has 0 saturated carbocycles. The van der Waals surface area contributed by atoms with Crippen LogP contribution in [-0.2, 0) is 0 Å². The topological polar surface area (TPSA) is 47.0 Å². The molecule has 17 heavy (non-hydrogen) atoms. The van der Waals surface area contributed by atoms with Gasteiger partial charge in [0.2, 0.25) is 11.8 Å². The summed E-state index contributed by atoms with van der Waals surface area (Å²) in [7, 11) is 0. The minimum atomic E-state index is -0.0728. The van der Waals surface area contributed by atoms with E-state index in [0.29, 0.717) is 24.4 Å². The summed E-state index contributed by atoms with van der Waals surface area (Å²) in [6.07, 6.45) is 8.05. The first-order valence-electron chi connectivity index (χ1n) is 5.85. The zero-order valence-corrected chi connectivity index (χ0v) is 10.6. The van der Waals surface area contributed by atoms with Crippen molar-refractivity contribution in [3.05, 3.63) is 12.3 Å². The van der Waals surface area contributed by atoms with E-state index in [9.17, 15) is 0 Å². The Labute approximate surface area is 103 Å². The summed E-state index contributed by atoms with van der Waals surface area (Å²) in [6, 6.07) is 1.66. The van der Waals surface area contributed by atoms with E-state index >= 15 is 0 Å². The summed E-state index contributed by atoms with van der Waals surface area (Å²) in [5.41, 5.74) is 0. The molecule has 0 aliphatic rings. The van der Waals surface area contributed by atoms with Crippen LogP contribution in [0.2, 0.25) is 0 Å². The first-order chi connectivity index (χ1) is 8.17. The van der Waals surface area contributed by atoms with Gasteiger partial charge < -0.3 is 10.1 Å². The Kier molecular flexibility index (Phi) is 5.28. The average molecular weight is 233 g/mol. The van der Waals surface area contributed by atoms with Gasteiger partial charge in [0.15, 0.2) is 0 Å². The highest BCUT2D eigenvalue weighted by Crippen LogP contribution is 2.11. The number of nitrogens with one attached hydrogen (secondary N) is 1. The van der Waals surface area contributed by atoms with Crippen molar-refractivity contribution in [3.63, 3.8) is 0 Å². The van der Waals surface area contributed by atoms with Gasteiger partial charge in [-0.1, -0.05) is 26.7 Å². The summed E-state index contributed by atoms with van der Waals surface area (Å²) >= 11 is 0. The maximum atomic E-state index is 5.44. The fraction of sp³-hybridized carbons (Fsp3) is 0.538. The second kappa shape index (κ2) is 6.74. The van der Waals surface area contributed by atoms with Crippen molar-refractivity contribution >= 4 is 5.95 Å². The normalized spacial score (nSPS) is 11.9. The van der Waals surface area contributed by atoms with Gasteiger partial charge in [0, 0.05) is 12.3 Å². The minimum absolute atomic E-state index is 0.0728. The van der Waals surface area contributed by atoms with Crippen LogP contribution in [0, 0.1) is 18.3 Å². The van der Waals surface area contributed by atoms with Gasteiger partial charge in [0.1, 0.15) is 0 Å². The number of ether oxygens (including phenoxy) is 1. The summed E-state index contributed by atoms with van der Waals surface area (Å²) in [6.45, 7) is 6.80. The molecule has 1 aromatic rings. The SMILES string of the molecule is C#CC(Nc1nccc(OCCC)n1)C(C)C. The highest BCUT2D eigenvalue weighted by molar-refractivity contribution is 5.32. The molecule has 1 unspecified atom stereocenters.